The summed E-state index contributed by atoms with van der Waals surface area (Å²) in [4.78, 5) is 23.9. The van der Waals surface area contributed by atoms with Gasteiger partial charge in [-0.3, -0.25) is 9.59 Å². The summed E-state index contributed by atoms with van der Waals surface area (Å²) >= 11 is 6.10. The van der Waals surface area contributed by atoms with Gasteiger partial charge in [0.25, 0.3) is 5.91 Å². The fourth-order valence-corrected chi connectivity index (χ4v) is 2.60. The minimum Gasteiger partial charge on any atom is -0.352 e. The quantitative estimate of drug-likeness (QED) is 0.785. The Morgan fingerprint density at radius 1 is 1.36 bits per heavy atom. The van der Waals surface area contributed by atoms with E-state index in [9.17, 15) is 9.59 Å². The highest BCUT2D eigenvalue weighted by Gasteiger charge is 2.20. The Balaban J connectivity index is 0.00000242. The highest BCUT2D eigenvalue weighted by atomic mass is 35.5. The van der Waals surface area contributed by atoms with Gasteiger partial charge in [-0.15, -0.1) is 12.4 Å². The molecule has 1 aliphatic rings. The van der Waals surface area contributed by atoms with E-state index >= 15 is 0 Å². The largest absolute Gasteiger partial charge is 0.352 e. The lowest BCUT2D eigenvalue weighted by atomic mass is 10.0. The zero-order valence-corrected chi connectivity index (χ0v) is 14.0. The second kappa shape index (κ2) is 8.98. The van der Waals surface area contributed by atoms with Crippen molar-refractivity contribution in [3.63, 3.8) is 0 Å². The van der Waals surface area contributed by atoms with Crippen LogP contribution in [0, 0.1) is 0 Å². The van der Waals surface area contributed by atoms with Crippen molar-refractivity contribution < 1.29 is 9.59 Å². The number of halogens is 2. The van der Waals surface area contributed by atoms with Crippen molar-refractivity contribution in [1.29, 1.82) is 0 Å². The summed E-state index contributed by atoms with van der Waals surface area (Å²) in [7, 11) is 0. The number of carbonyl (C=O) groups excluding carboxylic acids is 2. The van der Waals surface area contributed by atoms with E-state index in [1.165, 1.54) is 0 Å². The van der Waals surface area contributed by atoms with Crippen LogP contribution in [0.5, 0.6) is 0 Å². The third kappa shape index (κ3) is 4.87. The lowest BCUT2D eigenvalue weighted by Crippen LogP contribution is -2.43. The van der Waals surface area contributed by atoms with Crippen LogP contribution in [-0.4, -0.2) is 30.9 Å². The predicted molar refractivity (Wildman–Crippen MR) is 91.0 cm³/mol. The van der Waals surface area contributed by atoms with Gasteiger partial charge in [0.2, 0.25) is 5.91 Å². The molecule has 1 aliphatic heterocycles. The molecule has 2 rings (SSSR count). The third-order valence-corrected chi connectivity index (χ3v) is 3.76. The van der Waals surface area contributed by atoms with Crippen molar-refractivity contribution in [2.75, 3.05) is 18.4 Å². The predicted octanol–water partition coefficient (Wildman–Crippen LogP) is 2.59. The van der Waals surface area contributed by atoms with Gasteiger partial charge < -0.3 is 16.0 Å². The maximum absolute atomic E-state index is 12.1. The molecule has 1 saturated heterocycles. The summed E-state index contributed by atoms with van der Waals surface area (Å²) in [5.74, 6) is -0.272. The van der Waals surface area contributed by atoms with E-state index in [1.807, 2.05) is 6.92 Å². The summed E-state index contributed by atoms with van der Waals surface area (Å²) in [5, 5.41) is 9.05. The summed E-state index contributed by atoms with van der Waals surface area (Å²) < 4.78 is 0. The van der Waals surface area contributed by atoms with Crippen molar-refractivity contribution in [3.05, 3.63) is 28.8 Å². The van der Waals surface area contributed by atoms with Crippen LogP contribution in [0.25, 0.3) is 0 Å². The SMILES string of the molecule is CCNC(=O)c1ccc(NC(=O)[C@H]2CCCCN2)cc1Cl.Cl. The van der Waals surface area contributed by atoms with Crippen molar-refractivity contribution in [2.45, 2.75) is 32.2 Å². The van der Waals surface area contributed by atoms with Gasteiger partial charge in [-0.05, 0) is 44.5 Å². The first-order valence-electron chi connectivity index (χ1n) is 7.24. The number of hydrogen-bond donors (Lipinski definition) is 3. The minimum atomic E-state index is -0.214. The van der Waals surface area contributed by atoms with E-state index in [0.717, 1.165) is 25.8 Å². The molecule has 122 valence electrons. The Hall–Kier alpha value is -1.30. The molecule has 1 aromatic carbocycles. The maximum atomic E-state index is 12.1. The molecular weight excluding hydrogens is 325 g/mol. The first kappa shape index (κ1) is 18.7. The Morgan fingerprint density at radius 2 is 2.14 bits per heavy atom. The molecule has 3 N–H and O–H groups in total. The highest BCUT2D eigenvalue weighted by Crippen LogP contribution is 2.21. The van der Waals surface area contributed by atoms with Crippen LogP contribution in [0.3, 0.4) is 0 Å². The van der Waals surface area contributed by atoms with E-state index in [1.54, 1.807) is 18.2 Å². The minimum absolute atomic E-state index is 0. The molecule has 22 heavy (non-hydrogen) atoms. The van der Waals surface area contributed by atoms with Crippen molar-refractivity contribution in [1.82, 2.24) is 10.6 Å². The molecule has 0 radical (unpaired) electrons. The average molecular weight is 346 g/mol. The molecule has 0 bridgehead atoms. The molecule has 0 spiro atoms. The van der Waals surface area contributed by atoms with Crippen molar-refractivity contribution in [2.24, 2.45) is 0 Å². The number of nitrogens with one attached hydrogen (secondary N) is 3. The van der Waals surface area contributed by atoms with Crippen LogP contribution < -0.4 is 16.0 Å². The average Bonchev–Trinajstić information content (AvgIpc) is 2.48. The molecule has 1 atom stereocenters. The van der Waals surface area contributed by atoms with Gasteiger partial charge in [-0.2, -0.15) is 0 Å². The normalized spacial score (nSPS) is 17.3. The topological polar surface area (TPSA) is 70.2 Å². The van der Waals surface area contributed by atoms with Crippen LogP contribution in [-0.2, 0) is 4.79 Å². The van der Waals surface area contributed by atoms with Gasteiger partial charge >= 0.3 is 0 Å². The number of rotatable bonds is 4. The Labute approximate surface area is 141 Å². The van der Waals surface area contributed by atoms with Gasteiger partial charge in [0.05, 0.1) is 16.6 Å². The van der Waals surface area contributed by atoms with Crippen LogP contribution in [0.4, 0.5) is 5.69 Å². The van der Waals surface area contributed by atoms with Crippen molar-refractivity contribution >= 4 is 41.5 Å². The molecule has 7 heteroatoms. The molecule has 2 amide bonds. The zero-order valence-electron chi connectivity index (χ0n) is 12.4. The summed E-state index contributed by atoms with van der Waals surface area (Å²) in [6, 6.07) is 4.77. The van der Waals surface area contributed by atoms with Gasteiger partial charge in [-0.1, -0.05) is 18.0 Å². The monoisotopic (exact) mass is 345 g/mol. The number of carbonyl (C=O) groups is 2. The van der Waals surface area contributed by atoms with Crippen LogP contribution in [0.1, 0.15) is 36.5 Å². The molecule has 5 nitrogen and oxygen atoms in total. The second-order valence-electron chi connectivity index (χ2n) is 5.05. The van der Waals surface area contributed by atoms with Crippen LogP contribution in [0.2, 0.25) is 5.02 Å². The number of benzene rings is 1. The summed E-state index contributed by atoms with van der Waals surface area (Å²) in [6.45, 7) is 3.26. The maximum Gasteiger partial charge on any atom is 0.252 e. The molecule has 0 unspecified atom stereocenters. The fourth-order valence-electron chi connectivity index (χ4n) is 2.34. The Kier molecular flexibility index (Phi) is 7.65. The molecule has 1 heterocycles. The van der Waals surface area contributed by atoms with E-state index in [2.05, 4.69) is 16.0 Å². The van der Waals surface area contributed by atoms with Crippen molar-refractivity contribution in [3.8, 4) is 0 Å². The molecule has 0 saturated carbocycles. The number of amides is 2. The molecular formula is C15H21Cl2N3O2. The molecule has 1 aromatic rings. The molecule has 0 aliphatic carbocycles. The van der Waals surface area contributed by atoms with Crippen LogP contribution in [0.15, 0.2) is 18.2 Å². The van der Waals surface area contributed by atoms with Crippen LogP contribution >= 0.6 is 24.0 Å². The lowest BCUT2D eigenvalue weighted by molar-refractivity contribution is -0.118. The van der Waals surface area contributed by atoms with Gasteiger partial charge in [-0.25, -0.2) is 0 Å². The lowest BCUT2D eigenvalue weighted by Gasteiger charge is -2.22. The van der Waals surface area contributed by atoms with E-state index in [4.69, 9.17) is 11.6 Å². The molecule has 0 aromatic heterocycles. The standard InChI is InChI=1S/C15H20ClN3O2.ClH/c1-2-17-14(20)11-7-6-10(9-12(11)16)19-15(21)13-5-3-4-8-18-13;/h6-7,9,13,18H,2-5,8H2,1H3,(H,17,20)(H,19,21);1H/t13-;/m1./s1. The summed E-state index contributed by atoms with van der Waals surface area (Å²) in [6.07, 6.45) is 3.01. The van der Waals surface area contributed by atoms with Gasteiger partial charge in [0.1, 0.15) is 0 Å². The van der Waals surface area contributed by atoms with Gasteiger partial charge in [0, 0.05) is 12.2 Å². The fraction of sp³-hybridized carbons (Fsp3) is 0.467. The highest BCUT2D eigenvalue weighted by molar-refractivity contribution is 6.34. The number of anilines is 1. The Morgan fingerprint density at radius 3 is 2.73 bits per heavy atom. The van der Waals surface area contributed by atoms with E-state index < -0.39 is 0 Å². The smallest absolute Gasteiger partial charge is 0.252 e. The first-order valence-corrected chi connectivity index (χ1v) is 7.61. The second-order valence-corrected chi connectivity index (χ2v) is 5.45. The summed E-state index contributed by atoms with van der Waals surface area (Å²) in [5.41, 5.74) is 1.01. The van der Waals surface area contributed by atoms with E-state index in [-0.39, 0.29) is 30.3 Å². The Bertz CT molecular complexity index is 532. The zero-order chi connectivity index (χ0) is 15.2. The number of piperidine rings is 1. The third-order valence-electron chi connectivity index (χ3n) is 3.45. The molecule has 1 fully saturated rings. The first-order chi connectivity index (χ1) is 10.1. The van der Waals surface area contributed by atoms with E-state index in [0.29, 0.717) is 22.8 Å². The number of hydrogen-bond acceptors (Lipinski definition) is 3. The van der Waals surface area contributed by atoms with Gasteiger partial charge in [0.15, 0.2) is 0 Å².